The first-order chi connectivity index (χ1) is 10.7. The lowest BCUT2D eigenvalue weighted by Gasteiger charge is -2.14. The molecule has 1 aliphatic heterocycles. The zero-order valence-corrected chi connectivity index (χ0v) is 18.4. The molecule has 2 rings (SSSR count). The van der Waals surface area contributed by atoms with E-state index in [0.717, 1.165) is 17.1 Å². The summed E-state index contributed by atoms with van der Waals surface area (Å²) in [5.74, 6) is 0.939. The van der Waals surface area contributed by atoms with Crippen LogP contribution in [0, 0.1) is 0 Å². The molecule has 2 atom stereocenters. The van der Waals surface area contributed by atoms with E-state index in [1.54, 1.807) is 13.4 Å². The Balaban J connectivity index is 0.000000515. The molecule has 1 saturated heterocycles. The summed E-state index contributed by atoms with van der Waals surface area (Å²) >= 11 is 0.993. The average molecular weight is 397 g/mol. The Bertz CT molecular complexity index is 486. The molecule has 0 amide bonds. The van der Waals surface area contributed by atoms with E-state index in [4.69, 9.17) is 9.63 Å². The third-order valence-corrected chi connectivity index (χ3v) is 9.33. The molecule has 1 aromatic rings. The summed E-state index contributed by atoms with van der Waals surface area (Å²) in [6, 6.07) is 8.45. The Kier molecular flexibility index (Phi) is 11.1. The van der Waals surface area contributed by atoms with Crippen molar-refractivity contribution in [1.82, 2.24) is 0 Å². The van der Waals surface area contributed by atoms with Crippen LogP contribution in [0.15, 0.2) is 24.3 Å². The highest BCUT2D eigenvalue weighted by molar-refractivity contribution is 8.77. The van der Waals surface area contributed by atoms with Gasteiger partial charge in [-0.15, -0.1) is 0 Å². The minimum absolute atomic E-state index is 0.412. The lowest BCUT2D eigenvalue weighted by molar-refractivity contribution is 0.414. The standard InChI is InChI=1S/C12H16OS2.C2H7O2PS.C2H6/c1-12(2)8-11(14-15-12)9-4-6-10(13-3)7-5-9;1-5(3,4)6-2;1-2/h4-7,11H,8H2,1-3H3;1-2H3,(H,3,4);1-2H3. The fourth-order valence-electron chi connectivity index (χ4n) is 1.69. The lowest BCUT2D eigenvalue weighted by Crippen LogP contribution is -2.09. The monoisotopic (exact) mass is 396 g/mol. The van der Waals surface area contributed by atoms with Gasteiger partial charge in [-0.1, -0.05) is 58.9 Å². The van der Waals surface area contributed by atoms with Crippen LogP contribution in [-0.4, -0.2) is 29.7 Å². The highest BCUT2D eigenvalue weighted by atomic mass is 33.1. The van der Waals surface area contributed by atoms with E-state index in [1.165, 1.54) is 18.6 Å². The maximum Gasteiger partial charge on any atom is 0.251 e. The Hall–Kier alpha value is 0.260. The Morgan fingerprint density at radius 3 is 2.09 bits per heavy atom. The van der Waals surface area contributed by atoms with E-state index < -0.39 is 6.57 Å². The molecule has 3 nitrogen and oxygen atoms in total. The van der Waals surface area contributed by atoms with Gasteiger partial charge in [-0.3, -0.25) is 4.57 Å². The first-order valence-corrected chi connectivity index (χ1v) is 13.7. The van der Waals surface area contributed by atoms with Gasteiger partial charge in [0.15, 0.2) is 0 Å². The highest BCUT2D eigenvalue weighted by Gasteiger charge is 2.33. The van der Waals surface area contributed by atoms with Crippen molar-refractivity contribution < 1.29 is 14.2 Å². The van der Waals surface area contributed by atoms with Gasteiger partial charge in [-0.05, 0) is 44.2 Å². The minimum Gasteiger partial charge on any atom is -0.497 e. The van der Waals surface area contributed by atoms with Gasteiger partial charge in [0.25, 0.3) is 6.57 Å². The van der Waals surface area contributed by atoms with Crippen molar-refractivity contribution in [1.29, 1.82) is 0 Å². The quantitative estimate of drug-likeness (QED) is 0.465. The molecule has 0 radical (unpaired) electrons. The second kappa shape index (κ2) is 11.0. The molecule has 1 fully saturated rings. The van der Waals surface area contributed by atoms with E-state index in [-0.39, 0.29) is 0 Å². The smallest absolute Gasteiger partial charge is 0.251 e. The van der Waals surface area contributed by atoms with Crippen molar-refractivity contribution >= 4 is 39.5 Å². The molecular weight excluding hydrogens is 367 g/mol. The van der Waals surface area contributed by atoms with Gasteiger partial charge in [0.2, 0.25) is 0 Å². The van der Waals surface area contributed by atoms with Crippen molar-refractivity contribution in [2.24, 2.45) is 0 Å². The van der Waals surface area contributed by atoms with Crippen LogP contribution in [0.25, 0.3) is 0 Å². The normalized spacial score (nSPS) is 21.1. The Labute approximate surface area is 153 Å². The molecule has 1 aromatic carbocycles. The summed E-state index contributed by atoms with van der Waals surface area (Å²) in [6.07, 6.45) is 2.86. The fourth-order valence-corrected chi connectivity index (χ4v) is 5.04. The average Bonchev–Trinajstić information content (AvgIpc) is 2.89. The molecule has 1 aliphatic rings. The van der Waals surface area contributed by atoms with E-state index >= 15 is 0 Å². The van der Waals surface area contributed by atoms with Crippen LogP contribution in [0.4, 0.5) is 0 Å². The summed E-state index contributed by atoms with van der Waals surface area (Å²) in [4.78, 5) is 8.34. The van der Waals surface area contributed by atoms with Crippen LogP contribution in [0.5, 0.6) is 5.75 Å². The summed E-state index contributed by atoms with van der Waals surface area (Å²) in [7, 11) is 5.70. The Morgan fingerprint density at radius 1 is 1.30 bits per heavy atom. The Morgan fingerprint density at radius 2 is 1.78 bits per heavy atom. The van der Waals surface area contributed by atoms with Crippen molar-refractivity contribution in [2.45, 2.75) is 44.1 Å². The number of ether oxygens (including phenoxy) is 1. The number of hydrogen-bond acceptors (Lipinski definition) is 5. The second-order valence-corrected chi connectivity index (χ2v) is 13.6. The molecule has 7 heteroatoms. The molecule has 134 valence electrons. The molecule has 0 aliphatic carbocycles. The largest absolute Gasteiger partial charge is 0.497 e. The topological polar surface area (TPSA) is 46.5 Å². The lowest BCUT2D eigenvalue weighted by atomic mass is 10.0. The first-order valence-electron chi connectivity index (χ1n) is 7.51. The predicted octanol–water partition coefficient (Wildman–Crippen LogP) is 6.49. The van der Waals surface area contributed by atoms with Crippen molar-refractivity contribution in [3.05, 3.63) is 29.8 Å². The van der Waals surface area contributed by atoms with Gasteiger partial charge in [0.1, 0.15) is 5.75 Å². The minimum atomic E-state index is -2.73. The molecule has 0 saturated carbocycles. The summed E-state index contributed by atoms with van der Waals surface area (Å²) < 4.78 is 15.7. The van der Waals surface area contributed by atoms with Crippen LogP contribution in [0.2, 0.25) is 0 Å². The number of rotatable bonds is 3. The number of benzene rings is 1. The number of methoxy groups -OCH3 is 1. The predicted molar refractivity (Wildman–Crippen MR) is 110 cm³/mol. The van der Waals surface area contributed by atoms with E-state index in [9.17, 15) is 4.57 Å². The van der Waals surface area contributed by atoms with Crippen molar-refractivity contribution in [3.63, 3.8) is 0 Å². The molecule has 2 unspecified atom stereocenters. The van der Waals surface area contributed by atoms with Crippen LogP contribution >= 0.6 is 39.5 Å². The summed E-state index contributed by atoms with van der Waals surface area (Å²) in [5, 5.41) is 0.635. The zero-order valence-electron chi connectivity index (χ0n) is 15.0. The maximum atomic E-state index is 10.1. The van der Waals surface area contributed by atoms with Crippen LogP contribution < -0.4 is 4.74 Å². The summed E-state index contributed by atoms with van der Waals surface area (Å²) in [5.41, 5.74) is 1.42. The van der Waals surface area contributed by atoms with Gasteiger partial charge < -0.3 is 9.63 Å². The van der Waals surface area contributed by atoms with E-state index in [2.05, 4.69) is 26.0 Å². The molecule has 0 spiro atoms. The molecule has 1 N–H and O–H groups in total. The fraction of sp³-hybridized carbons (Fsp3) is 0.625. The number of hydrogen-bond donors (Lipinski definition) is 1. The van der Waals surface area contributed by atoms with Crippen LogP contribution in [-0.2, 0) is 4.57 Å². The zero-order chi connectivity index (χ0) is 18.1. The SMILES string of the molecule is CC.COc1ccc(C2CC(C)(C)SS2)cc1.CSP(C)(=O)O. The molecule has 0 aromatic heterocycles. The van der Waals surface area contributed by atoms with Gasteiger partial charge >= 0.3 is 0 Å². The molecular formula is C16H29O3PS3. The molecule has 1 heterocycles. The van der Waals surface area contributed by atoms with E-state index in [0.29, 0.717) is 10.00 Å². The van der Waals surface area contributed by atoms with Crippen LogP contribution in [0.1, 0.15) is 44.9 Å². The first kappa shape index (κ1) is 23.3. The maximum absolute atomic E-state index is 10.1. The van der Waals surface area contributed by atoms with E-state index in [1.807, 2.05) is 47.6 Å². The molecule has 0 bridgehead atoms. The highest BCUT2D eigenvalue weighted by Crippen LogP contribution is 2.57. The van der Waals surface area contributed by atoms with Gasteiger partial charge in [-0.2, -0.15) is 0 Å². The second-order valence-electron chi connectivity index (χ2n) is 5.39. The molecule has 23 heavy (non-hydrogen) atoms. The van der Waals surface area contributed by atoms with Crippen molar-refractivity contribution in [2.75, 3.05) is 20.0 Å². The summed E-state index contributed by atoms with van der Waals surface area (Å²) in [6.45, 7) is 7.21. The van der Waals surface area contributed by atoms with Crippen molar-refractivity contribution in [3.8, 4) is 5.75 Å². The van der Waals surface area contributed by atoms with Gasteiger partial charge in [0.05, 0.1) is 7.11 Å². The van der Waals surface area contributed by atoms with Crippen LogP contribution in [0.3, 0.4) is 0 Å². The van der Waals surface area contributed by atoms with Gasteiger partial charge in [-0.25, -0.2) is 0 Å². The third kappa shape index (κ3) is 9.98. The van der Waals surface area contributed by atoms with Gasteiger partial charge in [0, 0.05) is 16.7 Å². The third-order valence-electron chi connectivity index (χ3n) is 2.89.